The molecule has 1 N–H and O–H groups in total. The number of nitrogens with zero attached hydrogens (tertiary/aromatic N) is 5. The molecule has 0 unspecified atom stereocenters. The number of piperidine rings is 1. The quantitative estimate of drug-likeness (QED) is 0.717. The smallest absolute Gasteiger partial charge is 0.225 e. The Labute approximate surface area is 172 Å². The van der Waals surface area contributed by atoms with Crippen LogP contribution in [0.4, 0.5) is 11.8 Å². The highest BCUT2D eigenvalue weighted by Gasteiger charge is 2.26. The summed E-state index contributed by atoms with van der Waals surface area (Å²) < 4.78 is 1.94. The molecule has 6 heteroatoms. The predicted octanol–water partition coefficient (Wildman–Crippen LogP) is 4.09. The number of aromatic nitrogens is 4. The first-order valence-corrected chi connectivity index (χ1v) is 10.6. The summed E-state index contributed by atoms with van der Waals surface area (Å²) in [5.74, 6) is 3.08. The molecular weight excluding hydrogens is 360 g/mol. The van der Waals surface area contributed by atoms with Crippen LogP contribution in [0, 0.1) is 18.8 Å². The average molecular weight is 389 g/mol. The number of hydrogen-bond donors (Lipinski definition) is 1. The number of benzene rings is 1. The topological polar surface area (TPSA) is 58.9 Å². The van der Waals surface area contributed by atoms with Crippen LogP contribution in [-0.4, -0.2) is 39.4 Å². The number of nitrogens with one attached hydrogen (secondary N) is 1. The van der Waals surface area contributed by atoms with E-state index in [1.165, 1.54) is 17.5 Å². The van der Waals surface area contributed by atoms with Crippen LogP contribution in [0.2, 0.25) is 0 Å². The van der Waals surface area contributed by atoms with Gasteiger partial charge < -0.3 is 10.2 Å². The van der Waals surface area contributed by atoms with E-state index in [0.717, 1.165) is 54.8 Å². The van der Waals surface area contributed by atoms with Gasteiger partial charge in [-0.1, -0.05) is 31.5 Å². The molecule has 0 bridgehead atoms. The molecule has 1 saturated heterocycles. The zero-order valence-corrected chi connectivity index (χ0v) is 17.4. The van der Waals surface area contributed by atoms with Gasteiger partial charge in [-0.25, -0.2) is 14.6 Å². The van der Waals surface area contributed by atoms with Crippen molar-refractivity contribution in [2.45, 2.75) is 33.6 Å². The lowest BCUT2D eigenvalue weighted by Gasteiger charge is -2.35. The van der Waals surface area contributed by atoms with Crippen molar-refractivity contribution >= 4 is 11.8 Å². The fourth-order valence-corrected chi connectivity index (χ4v) is 4.62. The lowest BCUT2D eigenvalue weighted by atomic mass is 9.92. The SMILES string of the molecule is Cc1ccc(-n2cc3c(n2)NCCc2cnc(N4C[C@@H](C)C[C@H](C)C4)nc2-3)cc1. The van der Waals surface area contributed by atoms with Crippen LogP contribution in [0.25, 0.3) is 16.9 Å². The summed E-state index contributed by atoms with van der Waals surface area (Å²) in [6, 6.07) is 8.43. The van der Waals surface area contributed by atoms with Crippen LogP contribution < -0.4 is 10.2 Å². The first kappa shape index (κ1) is 18.2. The number of rotatable bonds is 2. The summed E-state index contributed by atoms with van der Waals surface area (Å²) >= 11 is 0. The molecule has 2 atom stereocenters. The van der Waals surface area contributed by atoms with Crippen molar-refractivity contribution in [2.24, 2.45) is 11.8 Å². The molecule has 3 aromatic rings. The molecule has 0 amide bonds. The number of anilines is 2. The van der Waals surface area contributed by atoms with E-state index in [1.807, 2.05) is 10.9 Å². The minimum Gasteiger partial charge on any atom is -0.368 e. The highest BCUT2D eigenvalue weighted by atomic mass is 15.3. The minimum absolute atomic E-state index is 0.669. The van der Waals surface area contributed by atoms with Crippen LogP contribution in [0.5, 0.6) is 0 Å². The maximum atomic E-state index is 5.05. The third-order valence-corrected chi connectivity index (χ3v) is 5.96. The lowest BCUT2D eigenvalue weighted by Crippen LogP contribution is -2.39. The summed E-state index contributed by atoms with van der Waals surface area (Å²) in [4.78, 5) is 12.1. The van der Waals surface area contributed by atoms with E-state index in [0.29, 0.717) is 11.8 Å². The molecule has 6 nitrogen and oxygen atoms in total. The lowest BCUT2D eigenvalue weighted by molar-refractivity contribution is 0.353. The molecular formula is C23H28N6. The van der Waals surface area contributed by atoms with Crippen molar-refractivity contribution < 1.29 is 0 Å². The Morgan fingerprint density at radius 1 is 1.07 bits per heavy atom. The van der Waals surface area contributed by atoms with Crippen LogP contribution in [0.3, 0.4) is 0 Å². The van der Waals surface area contributed by atoms with Crippen molar-refractivity contribution in [2.75, 3.05) is 29.9 Å². The Hall–Kier alpha value is -2.89. The van der Waals surface area contributed by atoms with Crippen molar-refractivity contribution in [1.82, 2.24) is 19.7 Å². The van der Waals surface area contributed by atoms with Gasteiger partial charge in [-0.15, -0.1) is 5.10 Å². The molecule has 150 valence electrons. The summed E-state index contributed by atoms with van der Waals surface area (Å²) in [6.45, 7) is 9.62. The van der Waals surface area contributed by atoms with E-state index in [1.54, 1.807) is 0 Å². The molecule has 1 fully saturated rings. The van der Waals surface area contributed by atoms with E-state index >= 15 is 0 Å². The van der Waals surface area contributed by atoms with E-state index in [4.69, 9.17) is 15.1 Å². The van der Waals surface area contributed by atoms with E-state index in [2.05, 4.69) is 61.5 Å². The van der Waals surface area contributed by atoms with Crippen molar-refractivity contribution in [3.63, 3.8) is 0 Å². The molecule has 2 aromatic heterocycles. The first-order chi connectivity index (χ1) is 14.1. The Balaban J connectivity index is 1.55. The van der Waals surface area contributed by atoms with Gasteiger partial charge in [-0.3, -0.25) is 0 Å². The Morgan fingerprint density at radius 3 is 2.59 bits per heavy atom. The average Bonchev–Trinajstić information content (AvgIpc) is 3.04. The number of aryl methyl sites for hydroxylation is 1. The zero-order valence-electron chi connectivity index (χ0n) is 17.4. The second kappa shape index (κ2) is 7.17. The van der Waals surface area contributed by atoms with Gasteiger partial charge >= 0.3 is 0 Å². The zero-order chi connectivity index (χ0) is 20.0. The molecule has 2 aliphatic heterocycles. The van der Waals surface area contributed by atoms with Gasteiger partial charge in [0, 0.05) is 32.0 Å². The standard InChI is InChI=1S/C23H28N6/c1-15-4-6-19(7-5-15)29-14-20-21-18(8-9-24-22(20)27-29)11-25-23(26-21)28-12-16(2)10-17(3)13-28/h4-7,11,14,16-17H,8-10,12-13H2,1-3H3,(H,24,27)/t16-,17-/m0/s1. The first-order valence-electron chi connectivity index (χ1n) is 10.6. The Kier molecular flexibility index (Phi) is 4.49. The largest absolute Gasteiger partial charge is 0.368 e. The van der Waals surface area contributed by atoms with Crippen molar-refractivity contribution in [3.05, 3.63) is 47.8 Å². The molecule has 4 heterocycles. The van der Waals surface area contributed by atoms with Crippen molar-refractivity contribution in [3.8, 4) is 16.9 Å². The van der Waals surface area contributed by atoms with Crippen LogP contribution in [0.1, 0.15) is 31.4 Å². The molecule has 0 aliphatic carbocycles. The summed E-state index contributed by atoms with van der Waals surface area (Å²) in [5, 5.41) is 8.28. The number of fused-ring (bicyclic) bond motifs is 3. The highest BCUT2D eigenvalue weighted by Crippen LogP contribution is 2.34. The molecule has 29 heavy (non-hydrogen) atoms. The van der Waals surface area contributed by atoms with Gasteiger partial charge in [-0.05, 0) is 49.3 Å². The van der Waals surface area contributed by atoms with Gasteiger partial charge in [-0.2, -0.15) is 0 Å². The summed E-state index contributed by atoms with van der Waals surface area (Å²) in [5.41, 5.74) is 5.55. The van der Waals surface area contributed by atoms with Gasteiger partial charge in [0.15, 0.2) is 5.82 Å². The van der Waals surface area contributed by atoms with Gasteiger partial charge in [0.1, 0.15) is 0 Å². The third kappa shape index (κ3) is 3.48. The second-order valence-electron chi connectivity index (χ2n) is 8.74. The normalized spacial score (nSPS) is 21.1. The molecule has 0 spiro atoms. The summed E-state index contributed by atoms with van der Waals surface area (Å²) in [7, 11) is 0. The van der Waals surface area contributed by atoms with Gasteiger partial charge in [0.2, 0.25) is 5.95 Å². The number of hydrogen-bond acceptors (Lipinski definition) is 5. The summed E-state index contributed by atoms with van der Waals surface area (Å²) in [6.07, 6.45) is 6.29. The highest BCUT2D eigenvalue weighted by molar-refractivity contribution is 5.76. The monoisotopic (exact) mass is 388 g/mol. The fourth-order valence-electron chi connectivity index (χ4n) is 4.62. The van der Waals surface area contributed by atoms with E-state index in [-0.39, 0.29) is 0 Å². The van der Waals surface area contributed by atoms with E-state index < -0.39 is 0 Å². The van der Waals surface area contributed by atoms with Crippen molar-refractivity contribution in [1.29, 1.82) is 0 Å². The Bertz CT molecular complexity index is 1010. The minimum atomic E-state index is 0.669. The fraction of sp³-hybridized carbons (Fsp3) is 0.435. The predicted molar refractivity (Wildman–Crippen MR) is 117 cm³/mol. The van der Waals surface area contributed by atoms with Crippen LogP contribution >= 0.6 is 0 Å². The van der Waals surface area contributed by atoms with Crippen LogP contribution in [0.15, 0.2) is 36.7 Å². The van der Waals surface area contributed by atoms with Crippen LogP contribution in [-0.2, 0) is 6.42 Å². The molecule has 1 aromatic carbocycles. The molecule has 0 saturated carbocycles. The van der Waals surface area contributed by atoms with E-state index in [9.17, 15) is 0 Å². The van der Waals surface area contributed by atoms with Gasteiger partial charge in [0.25, 0.3) is 0 Å². The maximum absolute atomic E-state index is 5.05. The Morgan fingerprint density at radius 2 is 1.83 bits per heavy atom. The molecule has 5 rings (SSSR count). The molecule has 0 radical (unpaired) electrons. The van der Waals surface area contributed by atoms with Gasteiger partial charge in [0.05, 0.1) is 16.9 Å². The third-order valence-electron chi connectivity index (χ3n) is 5.96. The maximum Gasteiger partial charge on any atom is 0.225 e. The molecule has 2 aliphatic rings. The second-order valence-corrected chi connectivity index (χ2v) is 8.74.